The molecule has 29 heavy (non-hydrogen) atoms. The molecule has 2 N–H and O–H groups in total. The largest absolute Gasteiger partial charge is 0.462 e. The lowest BCUT2D eigenvalue weighted by Gasteiger charge is -2.05. The summed E-state index contributed by atoms with van der Waals surface area (Å²) >= 11 is 0. The lowest BCUT2D eigenvalue weighted by Crippen LogP contribution is -2.19. The van der Waals surface area contributed by atoms with Gasteiger partial charge in [0.1, 0.15) is 17.1 Å². The molecule has 4 rings (SSSR count). The highest BCUT2D eigenvalue weighted by Crippen LogP contribution is 2.29. The first-order valence-electron chi connectivity index (χ1n) is 8.56. The molecular weight excluding hydrogens is 382 g/mol. The highest BCUT2D eigenvalue weighted by molar-refractivity contribution is 6.07. The second-order valence-electron chi connectivity index (χ2n) is 5.89. The van der Waals surface area contributed by atoms with Crippen molar-refractivity contribution in [2.75, 3.05) is 12.3 Å². The Kier molecular flexibility index (Phi) is 4.50. The van der Waals surface area contributed by atoms with Crippen molar-refractivity contribution in [3.8, 4) is 11.6 Å². The zero-order valence-corrected chi connectivity index (χ0v) is 15.4. The normalized spacial score (nSPS) is 11.1. The molecule has 12 heteroatoms. The Morgan fingerprint density at radius 1 is 1.28 bits per heavy atom. The topological polar surface area (TPSA) is 165 Å². The van der Waals surface area contributed by atoms with Gasteiger partial charge in [0.25, 0.3) is 0 Å². The summed E-state index contributed by atoms with van der Waals surface area (Å²) < 4.78 is 16.5. The van der Waals surface area contributed by atoms with Crippen LogP contribution in [0.4, 0.5) is 5.82 Å². The molecule has 0 bridgehead atoms. The summed E-state index contributed by atoms with van der Waals surface area (Å²) in [6, 6.07) is 1.63. The highest BCUT2D eigenvalue weighted by Gasteiger charge is 2.24. The number of ether oxygens (including phenoxy) is 1. The van der Waals surface area contributed by atoms with E-state index in [1.54, 1.807) is 19.9 Å². The standard InChI is InChI=1S/C17H15N7O5/c1-3-27-16(25)10-8(2)28-15-11(10)12(18)21-9(22-15)7-24-14(23-29-17(24)26)13-19-5-4-6-20-13/h4-6H,3,7H2,1-2H3,(H2,18,21,22). The predicted molar refractivity (Wildman–Crippen MR) is 97.8 cm³/mol. The zero-order valence-electron chi connectivity index (χ0n) is 15.4. The minimum atomic E-state index is -0.738. The SMILES string of the molecule is CCOC(=O)c1c(C)oc2nc(Cn3c(-c4ncccn4)noc3=O)nc(N)c12. The van der Waals surface area contributed by atoms with Crippen molar-refractivity contribution in [1.82, 2.24) is 29.7 Å². The number of anilines is 1. The van der Waals surface area contributed by atoms with Gasteiger partial charge in [0.2, 0.25) is 11.5 Å². The fourth-order valence-electron chi connectivity index (χ4n) is 2.83. The van der Waals surface area contributed by atoms with Gasteiger partial charge in [0, 0.05) is 12.4 Å². The molecule has 4 aromatic heterocycles. The number of furan rings is 1. The number of carbonyl (C=O) groups is 1. The Hall–Kier alpha value is -4.09. The van der Waals surface area contributed by atoms with Gasteiger partial charge in [-0.1, -0.05) is 5.16 Å². The summed E-state index contributed by atoms with van der Waals surface area (Å²) in [7, 11) is 0. The molecule has 0 aliphatic heterocycles. The van der Waals surface area contributed by atoms with E-state index in [-0.39, 0.29) is 53.1 Å². The number of aromatic nitrogens is 6. The van der Waals surface area contributed by atoms with Gasteiger partial charge in [-0.2, -0.15) is 4.98 Å². The van der Waals surface area contributed by atoms with E-state index in [0.717, 1.165) is 4.57 Å². The van der Waals surface area contributed by atoms with Crippen molar-refractivity contribution in [3.63, 3.8) is 0 Å². The highest BCUT2D eigenvalue weighted by atomic mass is 16.5. The lowest BCUT2D eigenvalue weighted by molar-refractivity contribution is 0.0526. The number of fused-ring (bicyclic) bond motifs is 1. The third-order valence-corrected chi connectivity index (χ3v) is 4.03. The summed E-state index contributed by atoms with van der Waals surface area (Å²) in [6.07, 6.45) is 3.02. The summed E-state index contributed by atoms with van der Waals surface area (Å²) in [5, 5.41) is 3.97. The molecule has 0 spiro atoms. The van der Waals surface area contributed by atoms with Crippen molar-refractivity contribution < 1.29 is 18.5 Å². The van der Waals surface area contributed by atoms with Crippen LogP contribution in [0.1, 0.15) is 28.9 Å². The number of hydrogen-bond donors (Lipinski definition) is 1. The Labute approximate surface area is 162 Å². The van der Waals surface area contributed by atoms with Gasteiger partial charge in [-0.15, -0.1) is 0 Å². The average molecular weight is 397 g/mol. The van der Waals surface area contributed by atoms with Crippen LogP contribution in [0, 0.1) is 6.92 Å². The molecule has 4 heterocycles. The van der Waals surface area contributed by atoms with Gasteiger partial charge in [-0.05, 0) is 19.9 Å². The molecule has 0 saturated carbocycles. The van der Waals surface area contributed by atoms with Crippen LogP contribution >= 0.6 is 0 Å². The van der Waals surface area contributed by atoms with E-state index in [1.165, 1.54) is 12.4 Å². The first-order valence-corrected chi connectivity index (χ1v) is 8.56. The molecule has 0 aromatic carbocycles. The van der Waals surface area contributed by atoms with Gasteiger partial charge >= 0.3 is 11.7 Å². The Morgan fingerprint density at radius 3 is 2.76 bits per heavy atom. The summed E-state index contributed by atoms with van der Waals surface area (Å²) in [5.74, 6) is -0.527. The van der Waals surface area contributed by atoms with Gasteiger partial charge < -0.3 is 14.9 Å². The van der Waals surface area contributed by atoms with Crippen LogP contribution in [0.15, 0.2) is 32.2 Å². The minimum absolute atomic E-state index is 0.0203. The number of carbonyl (C=O) groups excluding carboxylic acids is 1. The molecule has 12 nitrogen and oxygen atoms in total. The number of aryl methyl sites for hydroxylation is 1. The maximum atomic E-state index is 12.2. The van der Waals surface area contributed by atoms with Crippen LogP contribution in [0.25, 0.3) is 22.7 Å². The number of rotatable bonds is 5. The molecule has 148 valence electrons. The fraction of sp³-hybridized carbons (Fsp3) is 0.235. The van der Waals surface area contributed by atoms with Gasteiger partial charge in [-0.3, -0.25) is 4.52 Å². The van der Waals surface area contributed by atoms with Gasteiger partial charge in [-0.25, -0.2) is 29.1 Å². The van der Waals surface area contributed by atoms with E-state index in [9.17, 15) is 9.59 Å². The van der Waals surface area contributed by atoms with Gasteiger partial charge in [0.15, 0.2) is 11.6 Å². The number of hydrogen-bond acceptors (Lipinski definition) is 11. The Balaban J connectivity index is 1.77. The molecule has 0 saturated heterocycles. The average Bonchev–Trinajstić information content (AvgIpc) is 3.22. The Morgan fingerprint density at radius 2 is 2.03 bits per heavy atom. The van der Waals surface area contributed by atoms with Crippen molar-refractivity contribution in [1.29, 1.82) is 0 Å². The molecule has 0 fully saturated rings. The van der Waals surface area contributed by atoms with Gasteiger partial charge in [0.05, 0.1) is 18.5 Å². The van der Waals surface area contributed by atoms with Crippen LogP contribution in [0.2, 0.25) is 0 Å². The summed E-state index contributed by atoms with van der Waals surface area (Å²) in [5.41, 5.74) is 6.33. The number of nitrogen functional groups attached to an aromatic ring is 1. The number of nitrogens with zero attached hydrogens (tertiary/aromatic N) is 6. The monoisotopic (exact) mass is 397 g/mol. The molecule has 0 aliphatic rings. The Bertz CT molecular complexity index is 1260. The molecule has 0 atom stereocenters. The first kappa shape index (κ1) is 18.3. The van der Waals surface area contributed by atoms with Crippen LogP contribution in [-0.2, 0) is 11.3 Å². The quantitative estimate of drug-likeness (QED) is 0.476. The van der Waals surface area contributed by atoms with Crippen molar-refractivity contribution >= 4 is 22.9 Å². The van der Waals surface area contributed by atoms with Crippen molar-refractivity contribution in [2.45, 2.75) is 20.4 Å². The summed E-state index contributed by atoms with van der Waals surface area (Å²) in [4.78, 5) is 40.9. The molecular formula is C17H15N7O5. The molecule has 4 aromatic rings. The van der Waals surface area contributed by atoms with E-state index in [2.05, 4.69) is 25.1 Å². The predicted octanol–water partition coefficient (Wildman–Crippen LogP) is 0.945. The van der Waals surface area contributed by atoms with Crippen LogP contribution in [0.5, 0.6) is 0 Å². The van der Waals surface area contributed by atoms with E-state index in [4.69, 9.17) is 19.4 Å². The molecule has 0 unspecified atom stereocenters. The second kappa shape index (κ2) is 7.14. The van der Waals surface area contributed by atoms with Crippen molar-refractivity contribution in [3.05, 3.63) is 46.2 Å². The third kappa shape index (κ3) is 3.20. The fourth-order valence-corrected chi connectivity index (χ4v) is 2.83. The molecule has 0 aliphatic carbocycles. The van der Waals surface area contributed by atoms with Crippen molar-refractivity contribution in [2.24, 2.45) is 0 Å². The van der Waals surface area contributed by atoms with Crippen LogP contribution in [0.3, 0.4) is 0 Å². The van der Waals surface area contributed by atoms with E-state index in [1.807, 2.05) is 0 Å². The number of nitrogens with two attached hydrogens (primary N) is 1. The third-order valence-electron chi connectivity index (χ3n) is 4.03. The maximum absolute atomic E-state index is 12.2. The molecule has 0 amide bonds. The van der Waals surface area contributed by atoms with Crippen LogP contribution in [-0.4, -0.2) is 42.2 Å². The van der Waals surface area contributed by atoms with Crippen LogP contribution < -0.4 is 11.5 Å². The minimum Gasteiger partial charge on any atom is -0.462 e. The number of esters is 1. The zero-order chi connectivity index (χ0) is 20.5. The smallest absolute Gasteiger partial charge is 0.442 e. The lowest BCUT2D eigenvalue weighted by atomic mass is 10.2. The van der Waals surface area contributed by atoms with E-state index >= 15 is 0 Å². The van der Waals surface area contributed by atoms with E-state index < -0.39 is 11.7 Å². The maximum Gasteiger partial charge on any atom is 0.442 e. The van der Waals surface area contributed by atoms with E-state index in [0.29, 0.717) is 5.76 Å². The molecule has 0 radical (unpaired) electrons. The second-order valence-corrected chi connectivity index (χ2v) is 5.89. The first-order chi connectivity index (χ1) is 14.0. The summed E-state index contributed by atoms with van der Waals surface area (Å²) in [6.45, 7) is 3.37.